The van der Waals surface area contributed by atoms with Crippen molar-refractivity contribution in [3.05, 3.63) is 12.2 Å². The predicted octanol–water partition coefficient (Wildman–Crippen LogP) is 3.98. The van der Waals surface area contributed by atoms with Gasteiger partial charge < -0.3 is 0 Å². The van der Waals surface area contributed by atoms with Crippen LogP contribution in [0, 0.1) is 11.8 Å². The van der Waals surface area contributed by atoms with Crippen LogP contribution in [0.15, 0.2) is 12.2 Å². The quantitative estimate of drug-likeness (QED) is 0.563. The number of ketones is 1. The fourth-order valence-corrected chi connectivity index (χ4v) is 1.46. The van der Waals surface area contributed by atoms with Crippen LogP contribution in [0.1, 0.15) is 53.4 Å². The molecule has 0 aromatic carbocycles. The van der Waals surface area contributed by atoms with Gasteiger partial charge in [-0.2, -0.15) is 0 Å². The Morgan fingerprint density at radius 1 is 1.21 bits per heavy atom. The number of allylic oxidation sites excluding steroid dienone is 2. The molecule has 0 rings (SSSR count). The van der Waals surface area contributed by atoms with E-state index in [-0.39, 0.29) is 5.78 Å². The smallest absolute Gasteiger partial charge is 0.152 e. The highest BCUT2D eigenvalue weighted by atomic mass is 16.1. The zero-order chi connectivity index (χ0) is 11.0. The molecule has 0 fully saturated rings. The Morgan fingerprint density at radius 2 is 1.86 bits per heavy atom. The molecule has 1 nitrogen and oxygen atoms in total. The van der Waals surface area contributed by atoms with Gasteiger partial charge in [0.1, 0.15) is 0 Å². The van der Waals surface area contributed by atoms with Crippen LogP contribution < -0.4 is 0 Å². The SMILES string of the molecule is CC(=O)C=CCC(C)CCCC(C)C. The van der Waals surface area contributed by atoms with E-state index in [1.807, 2.05) is 6.08 Å². The third kappa shape index (κ3) is 9.50. The molecule has 0 saturated carbocycles. The van der Waals surface area contributed by atoms with Gasteiger partial charge in [0.2, 0.25) is 0 Å². The van der Waals surface area contributed by atoms with E-state index in [1.54, 1.807) is 13.0 Å². The molecule has 1 unspecified atom stereocenters. The first-order valence-corrected chi connectivity index (χ1v) is 5.69. The van der Waals surface area contributed by atoms with Crippen molar-refractivity contribution in [1.82, 2.24) is 0 Å². The summed E-state index contributed by atoms with van der Waals surface area (Å²) in [4.78, 5) is 10.6. The summed E-state index contributed by atoms with van der Waals surface area (Å²) in [5.74, 6) is 1.68. The molecule has 0 heterocycles. The van der Waals surface area contributed by atoms with E-state index in [1.165, 1.54) is 19.3 Å². The second-order valence-electron chi connectivity index (χ2n) is 4.68. The average Bonchev–Trinajstić information content (AvgIpc) is 2.02. The summed E-state index contributed by atoms with van der Waals surface area (Å²) in [6.07, 6.45) is 8.63. The normalized spacial score (nSPS) is 13.8. The van der Waals surface area contributed by atoms with Gasteiger partial charge in [-0.1, -0.05) is 46.1 Å². The first kappa shape index (κ1) is 13.4. The third-order valence-electron chi connectivity index (χ3n) is 2.37. The molecular weight excluding hydrogens is 172 g/mol. The summed E-state index contributed by atoms with van der Waals surface area (Å²) in [5, 5.41) is 0. The van der Waals surface area contributed by atoms with Gasteiger partial charge in [-0.15, -0.1) is 0 Å². The lowest BCUT2D eigenvalue weighted by Crippen LogP contribution is -1.95. The Morgan fingerprint density at radius 3 is 2.36 bits per heavy atom. The lowest BCUT2D eigenvalue weighted by Gasteiger charge is -2.09. The molecule has 0 saturated heterocycles. The summed E-state index contributed by atoms with van der Waals surface area (Å²) in [6, 6.07) is 0. The molecule has 0 aromatic rings. The summed E-state index contributed by atoms with van der Waals surface area (Å²) < 4.78 is 0. The van der Waals surface area contributed by atoms with Crippen molar-refractivity contribution in [2.75, 3.05) is 0 Å². The Kier molecular flexibility index (Phi) is 7.45. The summed E-state index contributed by atoms with van der Waals surface area (Å²) >= 11 is 0. The van der Waals surface area contributed by atoms with Crippen LogP contribution in [0.25, 0.3) is 0 Å². The minimum absolute atomic E-state index is 0.152. The van der Waals surface area contributed by atoms with Crippen molar-refractivity contribution in [2.24, 2.45) is 11.8 Å². The molecular formula is C13H24O. The lowest BCUT2D eigenvalue weighted by molar-refractivity contribution is -0.112. The molecule has 0 aliphatic carbocycles. The first-order chi connectivity index (χ1) is 6.52. The standard InChI is InChI=1S/C13H24O/c1-11(2)7-5-8-12(3)9-6-10-13(4)14/h6,10-12H,5,7-9H2,1-4H3. The fourth-order valence-electron chi connectivity index (χ4n) is 1.46. The molecule has 82 valence electrons. The van der Waals surface area contributed by atoms with Gasteiger partial charge in [-0.25, -0.2) is 0 Å². The zero-order valence-electron chi connectivity index (χ0n) is 10.0. The molecule has 0 radical (unpaired) electrons. The number of hydrogen-bond donors (Lipinski definition) is 0. The van der Waals surface area contributed by atoms with E-state index in [0.717, 1.165) is 12.3 Å². The van der Waals surface area contributed by atoms with Gasteiger partial charge in [0.25, 0.3) is 0 Å². The van der Waals surface area contributed by atoms with Crippen molar-refractivity contribution in [3.63, 3.8) is 0 Å². The average molecular weight is 196 g/mol. The van der Waals surface area contributed by atoms with Crippen LogP contribution in [-0.4, -0.2) is 5.78 Å². The van der Waals surface area contributed by atoms with Crippen molar-refractivity contribution in [3.8, 4) is 0 Å². The number of carbonyl (C=O) groups excluding carboxylic acids is 1. The molecule has 0 aromatic heterocycles. The molecule has 0 aliphatic rings. The molecule has 0 spiro atoms. The molecule has 0 N–H and O–H groups in total. The van der Waals surface area contributed by atoms with E-state index in [9.17, 15) is 4.79 Å². The Balaban J connectivity index is 3.45. The van der Waals surface area contributed by atoms with Gasteiger partial charge in [0, 0.05) is 0 Å². The van der Waals surface area contributed by atoms with Crippen LogP contribution in [0.5, 0.6) is 0 Å². The van der Waals surface area contributed by atoms with Crippen LogP contribution in [0.4, 0.5) is 0 Å². The van der Waals surface area contributed by atoms with E-state index < -0.39 is 0 Å². The maximum Gasteiger partial charge on any atom is 0.152 e. The van der Waals surface area contributed by atoms with Crippen molar-refractivity contribution in [1.29, 1.82) is 0 Å². The van der Waals surface area contributed by atoms with Crippen LogP contribution in [-0.2, 0) is 4.79 Å². The number of hydrogen-bond acceptors (Lipinski definition) is 1. The molecule has 1 heteroatoms. The molecule has 1 atom stereocenters. The highest BCUT2D eigenvalue weighted by Gasteiger charge is 2.00. The van der Waals surface area contributed by atoms with Crippen molar-refractivity contribution >= 4 is 5.78 Å². The van der Waals surface area contributed by atoms with Gasteiger partial charge in [-0.05, 0) is 31.3 Å². The van der Waals surface area contributed by atoms with Crippen molar-refractivity contribution in [2.45, 2.75) is 53.4 Å². The number of rotatable bonds is 7. The van der Waals surface area contributed by atoms with Gasteiger partial charge >= 0.3 is 0 Å². The molecule has 0 aliphatic heterocycles. The van der Waals surface area contributed by atoms with Crippen LogP contribution >= 0.6 is 0 Å². The molecule has 14 heavy (non-hydrogen) atoms. The predicted molar refractivity (Wildman–Crippen MR) is 62.3 cm³/mol. The molecule has 0 amide bonds. The van der Waals surface area contributed by atoms with Crippen LogP contribution in [0.3, 0.4) is 0 Å². The lowest BCUT2D eigenvalue weighted by atomic mass is 9.97. The van der Waals surface area contributed by atoms with E-state index in [4.69, 9.17) is 0 Å². The summed E-state index contributed by atoms with van der Waals surface area (Å²) in [7, 11) is 0. The summed E-state index contributed by atoms with van der Waals surface area (Å²) in [6.45, 7) is 8.38. The summed E-state index contributed by atoms with van der Waals surface area (Å²) in [5.41, 5.74) is 0. The Bertz CT molecular complexity index is 180. The largest absolute Gasteiger partial charge is 0.295 e. The topological polar surface area (TPSA) is 17.1 Å². The fraction of sp³-hybridized carbons (Fsp3) is 0.769. The molecule has 0 bridgehead atoms. The Labute approximate surface area is 88.6 Å². The third-order valence-corrected chi connectivity index (χ3v) is 2.37. The van der Waals surface area contributed by atoms with Gasteiger partial charge in [0.15, 0.2) is 5.78 Å². The van der Waals surface area contributed by atoms with E-state index in [2.05, 4.69) is 20.8 Å². The Hall–Kier alpha value is -0.590. The van der Waals surface area contributed by atoms with Crippen LogP contribution in [0.2, 0.25) is 0 Å². The van der Waals surface area contributed by atoms with Gasteiger partial charge in [-0.3, -0.25) is 4.79 Å². The first-order valence-electron chi connectivity index (χ1n) is 5.69. The van der Waals surface area contributed by atoms with E-state index >= 15 is 0 Å². The van der Waals surface area contributed by atoms with E-state index in [0.29, 0.717) is 5.92 Å². The minimum Gasteiger partial charge on any atom is -0.295 e. The van der Waals surface area contributed by atoms with Gasteiger partial charge in [0.05, 0.1) is 0 Å². The maximum absolute atomic E-state index is 10.6. The highest BCUT2D eigenvalue weighted by Crippen LogP contribution is 2.15. The second kappa shape index (κ2) is 7.78. The monoisotopic (exact) mass is 196 g/mol. The zero-order valence-corrected chi connectivity index (χ0v) is 10.0. The minimum atomic E-state index is 0.152. The van der Waals surface area contributed by atoms with Crippen molar-refractivity contribution < 1.29 is 4.79 Å². The maximum atomic E-state index is 10.6. The second-order valence-corrected chi connectivity index (χ2v) is 4.68. The number of carbonyl (C=O) groups is 1. The highest BCUT2D eigenvalue weighted by molar-refractivity contribution is 5.87.